The van der Waals surface area contributed by atoms with Gasteiger partial charge in [0.1, 0.15) is 5.75 Å². The Morgan fingerprint density at radius 2 is 1.49 bits per heavy atom. The van der Waals surface area contributed by atoms with Crippen LogP contribution in [-0.4, -0.2) is 72.4 Å². The molecule has 0 bridgehead atoms. The Bertz CT molecular complexity index is 1040. The van der Waals surface area contributed by atoms with E-state index in [1.54, 1.807) is 7.11 Å². The second-order valence-corrected chi connectivity index (χ2v) is 25.7. The van der Waals surface area contributed by atoms with Crippen molar-refractivity contribution in [1.29, 1.82) is 0 Å². The van der Waals surface area contributed by atoms with E-state index in [9.17, 15) is 0 Å². The Labute approximate surface area is 253 Å². The van der Waals surface area contributed by atoms with Crippen LogP contribution >= 0.6 is 0 Å². The predicted molar refractivity (Wildman–Crippen MR) is 177 cm³/mol. The molecule has 2 fully saturated rings. The maximum absolute atomic E-state index is 6.92. The number of benzene rings is 1. The van der Waals surface area contributed by atoms with E-state index in [1.807, 2.05) is 12.1 Å². The summed E-state index contributed by atoms with van der Waals surface area (Å²) in [6, 6.07) is 6.34. The van der Waals surface area contributed by atoms with Gasteiger partial charge >= 0.3 is 7.12 Å². The van der Waals surface area contributed by atoms with Crippen LogP contribution in [0.1, 0.15) is 82.1 Å². The van der Waals surface area contributed by atoms with Crippen molar-refractivity contribution in [3.05, 3.63) is 18.2 Å². The second kappa shape index (κ2) is 11.9. The van der Waals surface area contributed by atoms with Gasteiger partial charge in [0.05, 0.1) is 36.6 Å². The molecule has 0 aromatic heterocycles. The smallest absolute Gasteiger partial charge is 0.495 e. The molecule has 10 heteroatoms. The number of hydrogen-bond donors (Lipinski definition) is 1. The molecule has 41 heavy (non-hydrogen) atoms. The minimum Gasteiger partial charge on any atom is -0.497 e. The second-order valence-electron chi connectivity index (χ2n) is 16.1. The third-order valence-electron chi connectivity index (χ3n) is 10.3. The molecule has 2 heterocycles. The lowest BCUT2D eigenvalue weighted by Crippen LogP contribution is -2.54. The zero-order chi connectivity index (χ0) is 31.2. The molecule has 1 N–H and O–H groups in total. The normalized spacial score (nSPS) is 24.0. The molecule has 3 rings (SSSR count). The molecule has 2 saturated heterocycles. The largest absolute Gasteiger partial charge is 0.497 e. The van der Waals surface area contributed by atoms with Crippen LogP contribution in [0.3, 0.4) is 0 Å². The number of anilines is 1. The number of ether oxygens (including phenoxy) is 1. The number of nitrogens with zero attached hydrogens (tertiary/aromatic N) is 1. The Hall–Kier alpha value is -0.881. The van der Waals surface area contributed by atoms with Crippen LogP contribution in [0.15, 0.2) is 18.2 Å². The van der Waals surface area contributed by atoms with Gasteiger partial charge in [0.25, 0.3) is 0 Å². The summed E-state index contributed by atoms with van der Waals surface area (Å²) in [5.74, 6) is 0.768. The number of hydrogen-bond acceptors (Lipinski definition) is 7. The number of methoxy groups -OCH3 is 1. The topological polar surface area (TPSA) is 61.4 Å². The highest BCUT2D eigenvalue weighted by Crippen LogP contribution is 2.41. The first-order valence-electron chi connectivity index (χ1n) is 15.4. The van der Waals surface area contributed by atoms with Crippen molar-refractivity contribution in [2.75, 3.05) is 25.7 Å². The Morgan fingerprint density at radius 3 is 2.00 bits per heavy atom. The van der Waals surface area contributed by atoms with Crippen LogP contribution in [-0.2, 0) is 18.2 Å². The van der Waals surface area contributed by atoms with Gasteiger partial charge in [0, 0.05) is 18.7 Å². The fraction of sp³-hybridized carbons (Fsp3) is 0.806. The first-order valence-corrected chi connectivity index (χ1v) is 21.2. The Balaban J connectivity index is 1.85. The Kier molecular flexibility index (Phi) is 10.0. The quantitative estimate of drug-likeness (QED) is 0.299. The average Bonchev–Trinajstić information content (AvgIpc) is 3.04. The average molecular weight is 607 g/mol. The van der Waals surface area contributed by atoms with Crippen molar-refractivity contribution in [2.45, 2.75) is 142 Å². The van der Waals surface area contributed by atoms with Crippen molar-refractivity contribution in [1.82, 2.24) is 5.01 Å². The molecule has 234 valence electrons. The van der Waals surface area contributed by atoms with E-state index < -0.39 is 35.0 Å². The number of piperidine rings is 1. The molecule has 2 atom stereocenters. The van der Waals surface area contributed by atoms with Crippen molar-refractivity contribution in [3.8, 4) is 5.75 Å². The minimum atomic E-state index is -1.92. The lowest BCUT2D eigenvalue weighted by molar-refractivity contribution is 0.00578. The van der Waals surface area contributed by atoms with Crippen LogP contribution in [0.5, 0.6) is 5.75 Å². The van der Waals surface area contributed by atoms with Crippen LogP contribution in [0.2, 0.25) is 36.3 Å². The third-order valence-corrected chi connectivity index (χ3v) is 19.4. The van der Waals surface area contributed by atoms with Crippen molar-refractivity contribution >= 4 is 34.9 Å². The summed E-state index contributed by atoms with van der Waals surface area (Å²) in [7, 11) is -2.56. The predicted octanol–water partition coefficient (Wildman–Crippen LogP) is 7.20. The van der Waals surface area contributed by atoms with Crippen LogP contribution in [0, 0.1) is 0 Å². The number of nitrogens with one attached hydrogen (secondary N) is 1. The summed E-state index contributed by atoms with van der Waals surface area (Å²) in [6.45, 7) is 33.1. The van der Waals surface area contributed by atoms with Gasteiger partial charge in [-0.1, -0.05) is 41.5 Å². The standard InChI is InChI=1S/C31H59BN2O5Si2/c1-28(2,3)40(12,13)36-22-25-21-26(37-41(14,15)29(4,5)6)16-17-34(25)33-24-18-23(19-27(20-24)35-11)32-38-30(7,8)31(9,10)39-32/h18-20,25-26,33H,16-17,21-22H2,1-15H3/t25-,26?/m0/s1. The van der Waals surface area contributed by atoms with Gasteiger partial charge in [0.2, 0.25) is 0 Å². The van der Waals surface area contributed by atoms with Gasteiger partial charge in [-0.2, -0.15) is 0 Å². The van der Waals surface area contributed by atoms with Gasteiger partial charge in [-0.15, -0.1) is 0 Å². The van der Waals surface area contributed by atoms with Gasteiger partial charge in [-0.05, 0) is 94.4 Å². The monoisotopic (exact) mass is 606 g/mol. The summed E-state index contributed by atoms with van der Waals surface area (Å²) in [6.07, 6.45) is 2.14. The third kappa shape index (κ3) is 7.99. The summed E-state index contributed by atoms with van der Waals surface area (Å²) < 4.78 is 32.1. The van der Waals surface area contributed by atoms with Crippen molar-refractivity contribution in [2.24, 2.45) is 0 Å². The molecule has 0 aliphatic carbocycles. The molecule has 0 spiro atoms. The maximum atomic E-state index is 6.92. The SMILES string of the molecule is COc1cc(NN2CCC(O[Si](C)(C)C(C)(C)C)C[C@H]2CO[Si](C)(C)C(C)(C)C)cc(B2OC(C)(C)C(C)(C)O2)c1. The Morgan fingerprint density at radius 1 is 0.927 bits per heavy atom. The van der Waals surface area contributed by atoms with E-state index in [1.165, 1.54) is 0 Å². The highest BCUT2D eigenvalue weighted by atomic mass is 28.4. The fourth-order valence-electron chi connectivity index (χ4n) is 4.63. The van der Waals surface area contributed by atoms with E-state index in [0.717, 1.165) is 36.3 Å². The lowest BCUT2D eigenvalue weighted by Gasteiger charge is -2.46. The molecule has 0 saturated carbocycles. The number of hydrazine groups is 1. The maximum Gasteiger partial charge on any atom is 0.495 e. The van der Waals surface area contributed by atoms with Crippen LogP contribution in [0.25, 0.3) is 0 Å². The summed E-state index contributed by atoms with van der Waals surface area (Å²) >= 11 is 0. The fourth-order valence-corrected chi connectivity index (χ4v) is 7.07. The molecule has 0 radical (unpaired) electrons. The summed E-state index contributed by atoms with van der Waals surface area (Å²) in [4.78, 5) is 0. The molecule has 1 aromatic rings. The molecule has 2 aliphatic heterocycles. The van der Waals surface area contributed by atoms with E-state index in [0.29, 0.717) is 6.61 Å². The van der Waals surface area contributed by atoms with Gasteiger partial charge in [-0.25, -0.2) is 5.01 Å². The van der Waals surface area contributed by atoms with E-state index in [4.69, 9.17) is 22.9 Å². The summed E-state index contributed by atoms with van der Waals surface area (Å²) in [5.41, 5.74) is 4.81. The molecular formula is C31H59BN2O5Si2. The van der Waals surface area contributed by atoms with Gasteiger partial charge in [0.15, 0.2) is 16.6 Å². The van der Waals surface area contributed by atoms with Gasteiger partial charge < -0.3 is 28.3 Å². The molecular weight excluding hydrogens is 547 g/mol. The minimum absolute atomic E-state index is 0.154. The van der Waals surface area contributed by atoms with Crippen molar-refractivity contribution in [3.63, 3.8) is 0 Å². The first-order chi connectivity index (χ1) is 18.5. The van der Waals surface area contributed by atoms with Crippen LogP contribution in [0.4, 0.5) is 5.69 Å². The molecule has 0 amide bonds. The lowest BCUT2D eigenvalue weighted by atomic mass is 9.79. The number of rotatable bonds is 9. The highest BCUT2D eigenvalue weighted by Gasteiger charge is 2.52. The van der Waals surface area contributed by atoms with E-state index in [-0.39, 0.29) is 22.2 Å². The first kappa shape index (κ1) is 34.6. The molecule has 1 aromatic carbocycles. The van der Waals surface area contributed by atoms with Gasteiger partial charge in [-0.3, -0.25) is 0 Å². The van der Waals surface area contributed by atoms with E-state index >= 15 is 0 Å². The van der Waals surface area contributed by atoms with E-state index in [2.05, 4.69) is 112 Å². The highest BCUT2D eigenvalue weighted by molar-refractivity contribution is 6.74. The summed E-state index contributed by atoms with van der Waals surface area (Å²) in [5, 5.41) is 2.68. The zero-order valence-corrected chi connectivity index (χ0v) is 30.8. The molecule has 1 unspecified atom stereocenters. The van der Waals surface area contributed by atoms with Crippen LogP contribution < -0.4 is 15.6 Å². The molecule has 2 aliphatic rings. The van der Waals surface area contributed by atoms with Crippen molar-refractivity contribution < 1.29 is 22.9 Å². The molecule has 7 nitrogen and oxygen atoms in total. The zero-order valence-electron chi connectivity index (χ0n) is 28.8.